The molecule has 1 amide bonds. The van der Waals surface area contributed by atoms with Crippen LogP contribution in [0.2, 0.25) is 5.02 Å². The number of alkyl halides is 1. The van der Waals surface area contributed by atoms with E-state index in [0.29, 0.717) is 13.1 Å². The second-order valence-corrected chi connectivity index (χ2v) is 7.98. The maximum absolute atomic E-state index is 12.1. The van der Waals surface area contributed by atoms with Crippen molar-refractivity contribution < 1.29 is 4.79 Å². The Morgan fingerprint density at radius 2 is 1.74 bits per heavy atom. The number of amides is 1. The van der Waals surface area contributed by atoms with Gasteiger partial charge in [0.2, 0.25) is 5.91 Å². The predicted molar refractivity (Wildman–Crippen MR) is 110 cm³/mol. The quantitative estimate of drug-likeness (QED) is 0.727. The number of benzene rings is 1. The second kappa shape index (κ2) is 8.44. The van der Waals surface area contributed by atoms with Crippen LogP contribution in [0.25, 0.3) is 0 Å². The molecule has 1 aliphatic rings. The number of anilines is 1. The number of aromatic nitrogens is 2. The van der Waals surface area contributed by atoms with Crippen LogP contribution in [0.1, 0.15) is 29.6 Å². The second-order valence-electron chi connectivity index (χ2n) is 6.89. The lowest BCUT2D eigenvalue weighted by molar-refractivity contribution is -0.130. The van der Waals surface area contributed by atoms with Gasteiger partial charge >= 0.3 is 0 Å². The van der Waals surface area contributed by atoms with E-state index in [0.717, 1.165) is 47.4 Å². The number of carbonyl (C=O) groups excluding carboxylic acids is 1. The van der Waals surface area contributed by atoms with Crippen molar-refractivity contribution in [3.63, 3.8) is 0 Å². The largest absolute Gasteiger partial charge is 0.353 e. The normalized spacial score (nSPS) is 15.7. The number of hydrogen-bond acceptors (Lipinski definition) is 4. The molecule has 0 N–H and O–H groups in total. The molecule has 27 heavy (non-hydrogen) atoms. The van der Waals surface area contributed by atoms with Gasteiger partial charge in [-0.15, -0.1) is 11.6 Å². The number of hydrogen-bond donors (Lipinski definition) is 0. The fraction of sp³-hybridized carbons (Fsp3) is 0.450. The Hall–Kier alpha value is -1.85. The van der Waals surface area contributed by atoms with Gasteiger partial charge < -0.3 is 9.80 Å². The van der Waals surface area contributed by atoms with Crippen LogP contribution in [0.5, 0.6) is 0 Å². The van der Waals surface area contributed by atoms with Crippen molar-refractivity contribution in [2.45, 2.75) is 32.6 Å². The Balaban J connectivity index is 1.83. The molecule has 1 saturated heterocycles. The topological polar surface area (TPSA) is 49.3 Å². The van der Waals surface area contributed by atoms with E-state index in [-0.39, 0.29) is 5.91 Å². The van der Waals surface area contributed by atoms with Gasteiger partial charge in [-0.1, -0.05) is 23.7 Å². The molecule has 1 aromatic carbocycles. The molecule has 1 unspecified atom stereocenters. The third-order valence-corrected chi connectivity index (χ3v) is 5.27. The van der Waals surface area contributed by atoms with E-state index in [1.165, 1.54) is 5.56 Å². The highest BCUT2D eigenvalue weighted by Gasteiger charge is 2.26. The first-order valence-corrected chi connectivity index (χ1v) is 9.93. The van der Waals surface area contributed by atoms with Gasteiger partial charge in [0.25, 0.3) is 0 Å². The van der Waals surface area contributed by atoms with Gasteiger partial charge in [0.05, 0.1) is 0 Å². The van der Waals surface area contributed by atoms with Gasteiger partial charge in [-0.3, -0.25) is 4.79 Å². The molecule has 0 spiro atoms. The third-order valence-electron chi connectivity index (χ3n) is 4.83. The average molecular weight is 407 g/mol. The number of carbonyl (C=O) groups is 1. The number of aryl methyl sites for hydroxylation is 2. The highest BCUT2D eigenvalue weighted by atomic mass is 35.5. The van der Waals surface area contributed by atoms with Crippen LogP contribution < -0.4 is 4.90 Å². The minimum Gasteiger partial charge on any atom is -0.353 e. The molecular formula is C20H24Cl2N4O. The summed E-state index contributed by atoms with van der Waals surface area (Å²) in [7, 11) is 0. The Morgan fingerprint density at radius 3 is 2.33 bits per heavy atom. The molecule has 1 atom stereocenters. The fourth-order valence-electron chi connectivity index (χ4n) is 3.38. The lowest BCUT2D eigenvalue weighted by Crippen LogP contribution is -2.51. The Bertz CT molecular complexity index is 815. The van der Waals surface area contributed by atoms with Crippen LogP contribution in [0.4, 0.5) is 5.82 Å². The van der Waals surface area contributed by atoms with E-state index in [2.05, 4.69) is 9.88 Å². The molecule has 0 bridgehead atoms. The fourth-order valence-corrected chi connectivity index (χ4v) is 3.65. The maximum atomic E-state index is 12.1. The zero-order valence-electron chi connectivity index (χ0n) is 15.9. The molecule has 5 nitrogen and oxygen atoms in total. The van der Waals surface area contributed by atoms with Crippen LogP contribution in [-0.4, -0.2) is 52.3 Å². The highest BCUT2D eigenvalue weighted by Crippen LogP contribution is 2.26. The lowest BCUT2D eigenvalue weighted by Gasteiger charge is -2.37. The monoisotopic (exact) mass is 406 g/mol. The van der Waals surface area contributed by atoms with Gasteiger partial charge in [0.15, 0.2) is 0 Å². The summed E-state index contributed by atoms with van der Waals surface area (Å²) in [5.41, 5.74) is 3.27. The van der Waals surface area contributed by atoms with Crippen molar-refractivity contribution in [2.75, 3.05) is 31.1 Å². The van der Waals surface area contributed by atoms with E-state index in [4.69, 9.17) is 28.2 Å². The van der Waals surface area contributed by atoms with Crippen molar-refractivity contribution in [2.24, 2.45) is 0 Å². The first-order valence-electron chi connectivity index (χ1n) is 9.11. The van der Waals surface area contributed by atoms with E-state index in [1.54, 1.807) is 6.92 Å². The van der Waals surface area contributed by atoms with Crippen molar-refractivity contribution in [3.8, 4) is 0 Å². The molecule has 0 radical (unpaired) electrons. The van der Waals surface area contributed by atoms with Crippen molar-refractivity contribution in [1.82, 2.24) is 14.9 Å². The number of nitrogens with zero attached hydrogens (tertiary/aromatic N) is 4. The standard InChI is InChI=1S/C20H24Cl2N4O/c1-13(21)20(27)26-10-8-25(9-11-26)19-18(14(2)23-15(3)24-19)12-16-4-6-17(22)7-5-16/h4-7,13H,8-12H2,1-3H3. The van der Waals surface area contributed by atoms with Gasteiger partial charge in [0, 0.05) is 48.9 Å². The number of halogens is 2. The van der Waals surface area contributed by atoms with Gasteiger partial charge in [-0.05, 0) is 38.5 Å². The number of rotatable bonds is 4. The van der Waals surface area contributed by atoms with Crippen LogP contribution in [-0.2, 0) is 11.2 Å². The number of piperazine rings is 1. The van der Waals surface area contributed by atoms with Gasteiger partial charge in [-0.2, -0.15) is 0 Å². The van der Waals surface area contributed by atoms with Crippen LogP contribution >= 0.6 is 23.2 Å². The molecule has 2 heterocycles. The summed E-state index contributed by atoms with van der Waals surface area (Å²) in [5, 5.41) is 0.241. The summed E-state index contributed by atoms with van der Waals surface area (Å²) in [5.74, 6) is 1.71. The molecule has 7 heteroatoms. The predicted octanol–water partition coefficient (Wildman–Crippen LogP) is 3.61. The van der Waals surface area contributed by atoms with Gasteiger partial charge in [0.1, 0.15) is 17.0 Å². The first-order chi connectivity index (χ1) is 12.8. The van der Waals surface area contributed by atoms with E-state index in [9.17, 15) is 4.79 Å². The van der Waals surface area contributed by atoms with E-state index >= 15 is 0 Å². The molecule has 0 saturated carbocycles. The lowest BCUT2D eigenvalue weighted by atomic mass is 10.0. The smallest absolute Gasteiger partial charge is 0.240 e. The van der Waals surface area contributed by atoms with Crippen LogP contribution in [0.15, 0.2) is 24.3 Å². The highest BCUT2D eigenvalue weighted by molar-refractivity contribution is 6.30. The average Bonchev–Trinajstić information content (AvgIpc) is 2.64. The van der Waals surface area contributed by atoms with Crippen LogP contribution in [0, 0.1) is 13.8 Å². The summed E-state index contributed by atoms with van der Waals surface area (Å²) in [6, 6.07) is 7.87. The summed E-state index contributed by atoms with van der Waals surface area (Å²) < 4.78 is 0. The summed E-state index contributed by atoms with van der Waals surface area (Å²) in [4.78, 5) is 25.5. The minimum absolute atomic E-state index is 0.00671. The molecule has 1 aliphatic heterocycles. The van der Waals surface area contributed by atoms with Gasteiger partial charge in [-0.25, -0.2) is 9.97 Å². The van der Waals surface area contributed by atoms with Crippen molar-refractivity contribution >= 4 is 34.9 Å². The summed E-state index contributed by atoms with van der Waals surface area (Å²) >= 11 is 12.0. The molecule has 144 valence electrons. The Labute approximate surface area is 170 Å². The zero-order chi connectivity index (χ0) is 19.6. The molecule has 1 aromatic heterocycles. The zero-order valence-corrected chi connectivity index (χ0v) is 17.4. The molecule has 0 aliphatic carbocycles. The Kier molecular flexibility index (Phi) is 6.22. The Morgan fingerprint density at radius 1 is 1.11 bits per heavy atom. The van der Waals surface area contributed by atoms with E-state index < -0.39 is 5.38 Å². The molecule has 1 fully saturated rings. The summed E-state index contributed by atoms with van der Waals surface area (Å²) in [6.07, 6.45) is 0.747. The maximum Gasteiger partial charge on any atom is 0.240 e. The third kappa shape index (κ3) is 4.71. The molecular weight excluding hydrogens is 383 g/mol. The molecule has 2 aromatic rings. The van der Waals surface area contributed by atoms with Crippen LogP contribution in [0.3, 0.4) is 0 Å². The minimum atomic E-state index is -0.486. The van der Waals surface area contributed by atoms with Crippen molar-refractivity contribution in [1.29, 1.82) is 0 Å². The molecule has 3 rings (SSSR count). The van der Waals surface area contributed by atoms with E-state index in [1.807, 2.05) is 43.0 Å². The first kappa shape index (κ1) is 19.9. The SMILES string of the molecule is Cc1nc(C)c(Cc2ccc(Cl)cc2)c(N2CCN(C(=O)C(C)Cl)CC2)n1. The summed E-state index contributed by atoms with van der Waals surface area (Å²) in [6.45, 7) is 8.43. The van der Waals surface area contributed by atoms with Crippen molar-refractivity contribution in [3.05, 3.63) is 51.9 Å².